The van der Waals surface area contributed by atoms with E-state index in [1.165, 1.54) is 16.4 Å². The third-order valence-corrected chi connectivity index (χ3v) is 7.22. The van der Waals surface area contributed by atoms with Crippen molar-refractivity contribution >= 4 is 34.9 Å². The van der Waals surface area contributed by atoms with Crippen LogP contribution in [0.4, 0.5) is 0 Å². The van der Waals surface area contributed by atoms with Gasteiger partial charge < -0.3 is 5.11 Å². The van der Waals surface area contributed by atoms with Gasteiger partial charge in [0.2, 0.25) is 0 Å². The molecule has 16 heavy (non-hydrogen) atoms. The third kappa shape index (κ3) is 2.61. The lowest BCUT2D eigenvalue weighted by Crippen LogP contribution is -2.31. The topological polar surface area (TPSA) is 20.2 Å². The summed E-state index contributed by atoms with van der Waals surface area (Å²) in [6, 6.07) is 2.08. The summed E-state index contributed by atoms with van der Waals surface area (Å²) < 4.78 is 0. The minimum atomic E-state index is -0.283. The predicted octanol–water partition coefficient (Wildman–Crippen LogP) is 3.72. The van der Waals surface area contributed by atoms with Crippen LogP contribution < -0.4 is 0 Å². The molecule has 2 rings (SSSR count). The fraction of sp³-hybridized carbons (Fsp3) is 0.667. The third-order valence-electron chi connectivity index (χ3n) is 3.02. The van der Waals surface area contributed by atoms with Gasteiger partial charge in [-0.1, -0.05) is 6.92 Å². The molecule has 1 aromatic rings. The van der Waals surface area contributed by atoms with Crippen molar-refractivity contribution in [3.63, 3.8) is 0 Å². The van der Waals surface area contributed by atoms with Gasteiger partial charge in [-0.3, -0.25) is 0 Å². The molecular weight excluding hydrogens is 256 g/mol. The van der Waals surface area contributed by atoms with Crippen LogP contribution in [0.5, 0.6) is 0 Å². The molecule has 0 radical (unpaired) electrons. The number of aliphatic hydroxyl groups excluding tert-OH is 1. The molecule has 1 fully saturated rings. The molecule has 3 unspecified atom stereocenters. The first kappa shape index (κ1) is 12.8. The summed E-state index contributed by atoms with van der Waals surface area (Å²) in [6.45, 7) is 4.33. The van der Waals surface area contributed by atoms with Gasteiger partial charge in [0.1, 0.15) is 0 Å². The second-order valence-corrected chi connectivity index (χ2v) is 7.78. The molecule has 1 saturated heterocycles. The van der Waals surface area contributed by atoms with Crippen LogP contribution >= 0.6 is 34.9 Å². The molecule has 0 saturated carbocycles. The SMILES string of the molecule is CCC1SCCSC1C(O)c1ccsc1C. The Hall–Kier alpha value is 0.360. The van der Waals surface area contributed by atoms with E-state index < -0.39 is 0 Å². The van der Waals surface area contributed by atoms with Crippen molar-refractivity contribution in [1.29, 1.82) is 0 Å². The lowest BCUT2D eigenvalue weighted by molar-refractivity contribution is 0.172. The van der Waals surface area contributed by atoms with Crippen molar-refractivity contribution in [2.24, 2.45) is 0 Å². The molecule has 1 aliphatic heterocycles. The van der Waals surface area contributed by atoms with Crippen LogP contribution in [0.3, 0.4) is 0 Å². The van der Waals surface area contributed by atoms with Crippen molar-refractivity contribution < 1.29 is 5.11 Å². The largest absolute Gasteiger partial charge is 0.387 e. The van der Waals surface area contributed by atoms with Crippen LogP contribution in [-0.2, 0) is 0 Å². The smallest absolute Gasteiger partial charge is 0.0929 e. The van der Waals surface area contributed by atoms with E-state index in [1.807, 2.05) is 23.5 Å². The minimum absolute atomic E-state index is 0.283. The van der Waals surface area contributed by atoms with Gasteiger partial charge in [0.25, 0.3) is 0 Å². The Labute approximate surface area is 110 Å². The highest BCUT2D eigenvalue weighted by Crippen LogP contribution is 2.41. The van der Waals surface area contributed by atoms with Crippen LogP contribution in [0, 0.1) is 6.92 Å². The maximum atomic E-state index is 10.5. The second-order valence-electron chi connectivity index (χ2n) is 4.03. The van der Waals surface area contributed by atoms with E-state index in [2.05, 4.69) is 25.3 Å². The Bertz CT molecular complexity index is 337. The minimum Gasteiger partial charge on any atom is -0.387 e. The molecular formula is C12H18OS3. The van der Waals surface area contributed by atoms with Gasteiger partial charge in [0.15, 0.2) is 0 Å². The molecule has 1 aromatic heterocycles. The van der Waals surface area contributed by atoms with Crippen LogP contribution in [0.25, 0.3) is 0 Å². The molecule has 1 nitrogen and oxygen atoms in total. The van der Waals surface area contributed by atoms with Gasteiger partial charge in [-0.25, -0.2) is 0 Å². The zero-order chi connectivity index (χ0) is 11.5. The van der Waals surface area contributed by atoms with E-state index in [1.54, 1.807) is 11.3 Å². The van der Waals surface area contributed by atoms with Crippen molar-refractivity contribution in [2.45, 2.75) is 36.9 Å². The first-order valence-corrected chi connectivity index (χ1v) is 8.67. The average molecular weight is 274 g/mol. The maximum absolute atomic E-state index is 10.5. The fourth-order valence-corrected chi connectivity index (χ4v) is 5.98. The average Bonchev–Trinajstić information content (AvgIpc) is 2.74. The summed E-state index contributed by atoms with van der Waals surface area (Å²) in [7, 11) is 0. The Balaban J connectivity index is 2.13. The highest BCUT2D eigenvalue weighted by molar-refractivity contribution is 8.07. The molecule has 3 atom stereocenters. The summed E-state index contributed by atoms with van der Waals surface area (Å²) in [4.78, 5) is 1.26. The van der Waals surface area contributed by atoms with Crippen LogP contribution in [-0.4, -0.2) is 27.1 Å². The summed E-state index contributed by atoms with van der Waals surface area (Å²) >= 11 is 5.70. The quantitative estimate of drug-likeness (QED) is 0.907. The van der Waals surface area contributed by atoms with E-state index in [0.29, 0.717) is 10.5 Å². The highest BCUT2D eigenvalue weighted by Gasteiger charge is 2.32. The van der Waals surface area contributed by atoms with Crippen LogP contribution in [0.1, 0.15) is 29.9 Å². The normalized spacial score (nSPS) is 27.9. The van der Waals surface area contributed by atoms with E-state index in [0.717, 1.165) is 12.0 Å². The molecule has 0 spiro atoms. The van der Waals surface area contributed by atoms with Gasteiger partial charge in [-0.2, -0.15) is 23.5 Å². The fourth-order valence-electron chi connectivity index (χ4n) is 2.11. The van der Waals surface area contributed by atoms with E-state index in [-0.39, 0.29) is 6.10 Å². The highest BCUT2D eigenvalue weighted by atomic mass is 32.2. The Morgan fingerprint density at radius 1 is 1.44 bits per heavy atom. The number of thiophene rings is 1. The van der Waals surface area contributed by atoms with E-state index in [4.69, 9.17) is 0 Å². The summed E-state index contributed by atoms with van der Waals surface area (Å²) in [5, 5.41) is 13.5. The number of aryl methyl sites for hydroxylation is 1. The van der Waals surface area contributed by atoms with Gasteiger partial charge in [0.05, 0.1) is 6.10 Å². The van der Waals surface area contributed by atoms with Crippen molar-refractivity contribution in [3.05, 3.63) is 21.9 Å². The molecule has 0 bridgehead atoms. The molecule has 2 heterocycles. The Morgan fingerprint density at radius 3 is 2.81 bits per heavy atom. The van der Waals surface area contributed by atoms with Gasteiger partial charge in [-0.05, 0) is 30.4 Å². The first-order valence-electron chi connectivity index (χ1n) is 5.69. The molecule has 0 aliphatic carbocycles. The molecule has 0 aromatic carbocycles. The molecule has 4 heteroatoms. The number of hydrogen-bond donors (Lipinski definition) is 1. The first-order chi connectivity index (χ1) is 7.74. The number of aliphatic hydroxyl groups is 1. The molecule has 1 N–H and O–H groups in total. The lowest BCUT2D eigenvalue weighted by Gasteiger charge is -2.33. The van der Waals surface area contributed by atoms with Gasteiger partial charge in [-0.15, -0.1) is 11.3 Å². The zero-order valence-corrected chi connectivity index (χ0v) is 12.1. The molecule has 1 aliphatic rings. The number of rotatable bonds is 3. The van der Waals surface area contributed by atoms with Gasteiger partial charge >= 0.3 is 0 Å². The number of hydrogen-bond acceptors (Lipinski definition) is 4. The maximum Gasteiger partial charge on any atom is 0.0929 e. The monoisotopic (exact) mass is 274 g/mol. The molecule has 0 amide bonds. The standard InChI is InChI=1S/C12H18OS3/c1-3-10-12(16-7-6-15-10)11(13)9-4-5-14-8(9)2/h4-5,10-13H,3,6-7H2,1-2H3. The summed E-state index contributed by atoms with van der Waals surface area (Å²) in [5.74, 6) is 2.40. The Morgan fingerprint density at radius 2 is 2.19 bits per heavy atom. The second kappa shape index (κ2) is 5.80. The summed E-state index contributed by atoms with van der Waals surface area (Å²) in [6.07, 6.45) is 0.872. The van der Waals surface area contributed by atoms with Crippen molar-refractivity contribution in [3.8, 4) is 0 Å². The van der Waals surface area contributed by atoms with E-state index in [9.17, 15) is 5.11 Å². The lowest BCUT2D eigenvalue weighted by atomic mass is 10.0. The molecule has 90 valence electrons. The van der Waals surface area contributed by atoms with Crippen molar-refractivity contribution in [1.82, 2.24) is 0 Å². The van der Waals surface area contributed by atoms with Crippen molar-refractivity contribution in [2.75, 3.05) is 11.5 Å². The van der Waals surface area contributed by atoms with Crippen LogP contribution in [0.2, 0.25) is 0 Å². The Kier molecular flexibility index (Phi) is 4.65. The van der Waals surface area contributed by atoms with Crippen LogP contribution in [0.15, 0.2) is 11.4 Å². The van der Waals surface area contributed by atoms with Gasteiger partial charge in [0, 0.05) is 26.9 Å². The zero-order valence-electron chi connectivity index (χ0n) is 9.68. The summed E-state index contributed by atoms with van der Waals surface area (Å²) in [5.41, 5.74) is 1.14. The number of thioether (sulfide) groups is 2. The van der Waals surface area contributed by atoms with E-state index >= 15 is 0 Å². The predicted molar refractivity (Wildman–Crippen MR) is 76.8 cm³/mol.